The average Bonchev–Trinajstić information content (AvgIpc) is 2.55. The fourth-order valence-electron chi connectivity index (χ4n) is 2.35. The highest BCUT2D eigenvalue weighted by Gasteiger charge is 2.14. The molecule has 3 aromatic carbocycles. The van der Waals surface area contributed by atoms with Crippen molar-refractivity contribution in [3.8, 4) is 16.9 Å². The summed E-state index contributed by atoms with van der Waals surface area (Å²) >= 11 is 0. The highest BCUT2D eigenvalue weighted by Crippen LogP contribution is 2.28. The summed E-state index contributed by atoms with van der Waals surface area (Å²) in [6.07, 6.45) is 0. The topological polar surface area (TPSA) is 37.3 Å². The van der Waals surface area contributed by atoms with Crippen LogP contribution in [0.4, 0.5) is 0 Å². The van der Waals surface area contributed by atoms with Gasteiger partial charge in [-0.1, -0.05) is 66.7 Å². The summed E-state index contributed by atoms with van der Waals surface area (Å²) in [5.74, 6) is 0.170. The van der Waals surface area contributed by atoms with Crippen molar-refractivity contribution in [2.45, 2.75) is 0 Å². The predicted octanol–water partition coefficient (Wildman–Crippen LogP) is 4.29. The zero-order valence-corrected chi connectivity index (χ0v) is 11.4. The minimum atomic E-state index is -0.0189. The Labute approximate surface area is 123 Å². The zero-order chi connectivity index (χ0) is 14.7. The molecular formula is C19H14O2. The SMILES string of the molecule is O=C(c1ccccc1)c1ccccc1-c1cccc(O)c1. The van der Waals surface area contributed by atoms with Crippen LogP contribution < -0.4 is 0 Å². The van der Waals surface area contributed by atoms with Gasteiger partial charge < -0.3 is 5.11 Å². The second-order valence-corrected chi connectivity index (χ2v) is 4.79. The zero-order valence-electron chi connectivity index (χ0n) is 11.4. The predicted molar refractivity (Wildman–Crippen MR) is 83.4 cm³/mol. The number of carbonyl (C=O) groups excluding carboxylic acids is 1. The van der Waals surface area contributed by atoms with E-state index >= 15 is 0 Å². The number of benzene rings is 3. The fraction of sp³-hybridized carbons (Fsp3) is 0. The van der Waals surface area contributed by atoms with Crippen LogP contribution in [-0.4, -0.2) is 10.9 Å². The van der Waals surface area contributed by atoms with Crippen LogP contribution in [0.15, 0.2) is 78.9 Å². The summed E-state index contributed by atoms with van der Waals surface area (Å²) in [5.41, 5.74) is 2.94. The van der Waals surface area contributed by atoms with Gasteiger partial charge >= 0.3 is 0 Å². The minimum absolute atomic E-state index is 0.0189. The van der Waals surface area contributed by atoms with Gasteiger partial charge in [-0.25, -0.2) is 0 Å². The first kappa shape index (κ1) is 13.1. The number of phenols is 1. The maximum absolute atomic E-state index is 12.7. The Hall–Kier alpha value is -2.87. The number of phenolic OH excluding ortho intramolecular Hbond substituents is 1. The summed E-state index contributed by atoms with van der Waals surface area (Å²) in [5, 5.41) is 9.64. The van der Waals surface area contributed by atoms with Crippen molar-refractivity contribution in [1.29, 1.82) is 0 Å². The van der Waals surface area contributed by atoms with E-state index in [4.69, 9.17) is 0 Å². The highest BCUT2D eigenvalue weighted by atomic mass is 16.3. The van der Waals surface area contributed by atoms with Gasteiger partial charge in [0.25, 0.3) is 0 Å². The minimum Gasteiger partial charge on any atom is -0.508 e. The molecule has 0 aliphatic rings. The Balaban J connectivity index is 2.11. The molecular weight excluding hydrogens is 260 g/mol. The first-order valence-electron chi connectivity index (χ1n) is 6.74. The van der Waals surface area contributed by atoms with Crippen LogP contribution in [0.3, 0.4) is 0 Å². The lowest BCUT2D eigenvalue weighted by Crippen LogP contribution is -2.03. The van der Waals surface area contributed by atoms with Crippen molar-refractivity contribution in [3.63, 3.8) is 0 Å². The molecule has 0 spiro atoms. The molecule has 1 N–H and O–H groups in total. The summed E-state index contributed by atoms with van der Waals surface area (Å²) in [4.78, 5) is 12.7. The standard InChI is InChI=1S/C19H14O2/c20-16-10-6-9-15(13-16)17-11-4-5-12-18(17)19(21)14-7-2-1-3-8-14/h1-13,20H. The lowest BCUT2D eigenvalue weighted by molar-refractivity contribution is 0.103. The van der Waals surface area contributed by atoms with Crippen molar-refractivity contribution >= 4 is 5.78 Å². The third-order valence-corrected chi connectivity index (χ3v) is 3.36. The van der Waals surface area contributed by atoms with Crippen LogP contribution >= 0.6 is 0 Å². The second kappa shape index (κ2) is 5.63. The molecule has 0 saturated heterocycles. The Morgan fingerprint density at radius 1 is 0.762 bits per heavy atom. The van der Waals surface area contributed by atoms with Crippen LogP contribution in [0.5, 0.6) is 5.75 Å². The number of hydrogen-bond acceptors (Lipinski definition) is 2. The van der Waals surface area contributed by atoms with E-state index in [1.807, 2.05) is 60.7 Å². The number of rotatable bonds is 3. The van der Waals surface area contributed by atoms with E-state index in [0.29, 0.717) is 11.1 Å². The van der Waals surface area contributed by atoms with Gasteiger partial charge in [-0.15, -0.1) is 0 Å². The number of ketones is 1. The molecule has 2 nitrogen and oxygen atoms in total. The second-order valence-electron chi connectivity index (χ2n) is 4.79. The number of hydrogen-bond donors (Lipinski definition) is 1. The molecule has 0 aliphatic heterocycles. The molecule has 0 radical (unpaired) electrons. The third-order valence-electron chi connectivity index (χ3n) is 3.36. The largest absolute Gasteiger partial charge is 0.508 e. The van der Waals surface area contributed by atoms with Crippen molar-refractivity contribution in [2.24, 2.45) is 0 Å². The first-order valence-corrected chi connectivity index (χ1v) is 6.74. The van der Waals surface area contributed by atoms with Gasteiger partial charge in [0.15, 0.2) is 5.78 Å². The van der Waals surface area contributed by atoms with E-state index < -0.39 is 0 Å². The Kier molecular flexibility index (Phi) is 3.52. The molecule has 0 heterocycles. The molecule has 0 saturated carbocycles. The molecule has 0 aliphatic carbocycles. The Morgan fingerprint density at radius 2 is 1.48 bits per heavy atom. The summed E-state index contributed by atoms with van der Waals surface area (Å²) in [6.45, 7) is 0. The molecule has 0 aromatic heterocycles. The lowest BCUT2D eigenvalue weighted by atomic mass is 9.94. The van der Waals surface area contributed by atoms with Gasteiger partial charge in [0.2, 0.25) is 0 Å². The molecule has 0 atom stereocenters. The average molecular weight is 274 g/mol. The van der Waals surface area contributed by atoms with Gasteiger partial charge in [0, 0.05) is 11.1 Å². The molecule has 102 valence electrons. The van der Waals surface area contributed by atoms with Gasteiger partial charge in [-0.3, -0.25) is 4.79 Å². The normalized spacial score (nSPS) is 10.3. The van der Waals surface area contributed by atoms with Gasteiger partial charge in [0.05, 0.1) is 0 Å². The van der Waals surface area contributed by atoms with Crippen molar-refractivity contribution in [1.82, 2.24) is 0 Å². The number of carbonyl (C=O) groups is 1. The lowest BCUT2D eigenvalue weighted by Gasteiger charge is -2.09. The summed E-state index contributed by atoms with van der Waals surface area (Å²) in [7, 11) is 0. The molecule has 0 bridgehead atoms. The fourth-order valence-corrected chi connectivity index (χ4v) is 2.35. The summed E-state index contributed by atoms with van der Waals surface area (Å²) < 4.78 is 0. The van der Waals surface area contributed by atoms with E-state index in [-0.39, 0.29) is 11.5 Å². The quantitative estimate of drug-likeness (QED) is 0.723. The molecule has 3 rings (SSSR count). The highest BCUT2D eigenvalue weighted by molar-refractivity contribution is 6.12. The summed E-state index contributed by atoms with van der Waals surface area (Å²) in [6, 6.07) is 23.6. The molecule has 3 aromatic rings. The molecule has 0 fully saturated rings. The molecule has 0 unspecified atom stereocenters. The van der Waals surface area contributed by atoms with E-state index in [1.165, 1.54) is 0 Å². The van der Waals surface area contributed by atoms with Crippen LogP contribution in [0.25, 0.3) is 11.1 Å². The molecule has 0 amide bonds. The van der Waals surface area contributed by atoms with Crippen molar-refractivity contribution in [2.75, 3.05) is 0 Å². The van der Waals surface area contributed by atoms with E-state index in [0.717, 1.165) is 11.1 Å². The smallest absolute Gasteiger partial charge is 0.193 e. The Morgan fingerprint density at radius 3 is 2.24 bits per heavy atom. The molecule has 21 heavy (non-hydrogen) atoms. The maximum Gasteiger partial charge on any atom is 0.193 e. The van der Waals surface area contributed by atoms with Gasteiger partial charge in [0.1, 0.15) is 5.75 Å². The van der Waals surface area contributed by atoms with Crippen molar-refractivity contribution in [3.05, 3.63) is 90.0 Å². The maximum atomic E-state index is 12.7. The third kappa shape index (κ3) is 2.70. The monoisotopic (exact) mass is 274 g/mol. The molecule has 2 heteroatoms. The van der Waals surface area contributed by atoms with Crippen LogP contribution in [0, 0.1) is 0 Å². The van der Waals surface area contributed by atoms with E-state index in [1.54, 1.807) is 18.2 Å². The van der Waals surface area contributed by atoms with Crippen molar-refractivity contribution < 1.29 is 9.90 Å². The number of aromatic hydroxyl groups is 1. The van der Waals surface area contributed by atoms with Crippen LogP contribution in [-0.2, 0) is 0 Å². The van der Waals surface area contributed by atoms with Gasteiger partial charge in [-0.2, -0.15) is 0 Å². The first-order chi connectivity index (χ1) is 10.3. The Bertz CT molecular complexity index is 776. The van der Waals surface area contributed by atoms with E-state index in [2.05, 4.69) is 0 Å². The van der Waals surface area contributed by atoms with E-state index in [9.17, 15) is 9.90 Å². The van der Waals surface area contributed by atoms with Gasteiger partial charge in [-0.05, 0) is 23.3 Å². The van der Waals surface area contributed by atoms with Crippen LogP contribution in [0.2, 0.25) is 0 Å². The van der Waals surface area contributed by atoms with Crippen LogP contribution in [0.1, 0.15) is 15.9 Å².